The first-order valence-electron chi connectivity index (χ1n) is 4.88. The predicted octanol–water partition coefficient (Wildman–Crippen LogP) is 2.05. The van der Waals surface area contributed by atoms with Crippen LogP contribution >= 0.6 is 15.9 Å². The van der Waals surface area contributed by atoms with Gasteiger partial charge in [0.05, 0.1) is 10.9 Å². The fourth-order valence-corrected chi connectivity index (χ4v) is 2.52. The summed E-state index contributed by atoms with van der Waals surface area (Å²) >= 11 is 3.37. The van der Waals surface area contributed by atoms with E-state index in [1.165, 1.54) is 4.57 Å². The van der Waals surface area contributed by atoms with Gasteiger partial charge in [-0.05, 0) is 47.5 Å². The lowest BCUT2D eigenvalue weighted by molar-refractivity contribution is 0.421. The molecule has 5 heteroatoms. The Morgan fingerprint density at radius 1 is 1.38 bits per heavy atom. The van der Waals surface area contributed by atoms with Crippen molar-refractivity contribution in [3.8, 4) is 0 Å². The molecule has 2 aromatic rings. The van der Waals surface area contributed by atoms with E-state index in [0.717, 1.165) is 10.0 Å². The summed E-state index contributed by atoms with van der Waals surface area (Å²) in [6, 6.07) is 3.59. The van der Waals surface area contributed by atoms with E-state index in [9.17, 15) is 9.59 Å². The third-order valence-electron chi connectivity index (χ3n) is 2.41. The standard InChI is InChI=1S/C11H10BrNO3/c1-3-13-9-7(10(14)16-11(13)15)4-6(2)5-8(9)12/h4-5H,3H2,1-2H3. The van der Waals surface area contributed by atoms with Crippen LogP contribution in [0, 0.1) is 6.92 Å². The Balaban J connectivity index is 3.12. The van der Waals surface area contributed by atoms with Crippen LogP contribution in [0.1, 0.15) is 12.5 Å². The Morgan fingerprint density at radius 3 is 2.69 bits per heavy atom. The van der Waals surface area contributed by atoms with Crippen LogP contribution in [0.2, 0.25) is 0 Å². The minimum absolute atomic E-state index is 0.424. The molecule has 0 saturated heterocycles. The summed E-state index contributed by atoms with van der Waals surface area (Å²) in [6.45, 7) is 4.17. The van der Waals surface area contributed by atoms with Gasteiger partial charge in [0.15, 0.2) is 0 Å². The Hall–Kier alpha value is -1.36. The van der Waals surface area contributed by atoms with Crippen molar-refractivity contribution in [2.24, 2.45) is 0 Å². The lowest BCUT2D eigenvalue weighted by Gasteiger charge is -2.08. The summed E-state index contributed by atoms with van der Waals surface area (Å²) in [5.74, 6) is -0.621. The van der Waals surface area contributed by atoms with E-state index in [1.54, 1.807) is 6.07 Å². The van der Waals surface area contributed by atoms with Crippen LogP contribution in [-0.2, 0) is 6.54 Å². The summed E-state index contributed by atoms with van der Waals surface area (Å²) < 4.78 is 6.82. The number of nitrogens with zero attached hydrogens (tertiary/aromatic N) is 1. The summed E-state index contributed by atoms with van der Waals surface area (Å²) in [7, 11) is 0. The fourth-order valence-electron chi connectivity index (χ4n) is 1.73. The molecule has 0 aliphatic heterocycles. The van der Waals surface area contributed by atoms with E-state index >= 15 is 0 Å². The van der Waals surface area contributed by atoms with Gasteiger partial charge in [0.1, 0.15) is 0 Å². The summed E-state index contributed by atoms with van der Waals surface area (Å²) in [6.07, 6.45) is 0. The van der Waals surface area contributed by atoms with Gasteiger partial charge in [-0.25, -0.2) is 9.59 Å². The van der Waals surface area contributed by atoms with Gasteiger partial charge in [-0.2, -0.15) is 0 Å². The van der Waals surface area contributed by atoms with Crippen LogP contribution in [0.4, 0.5) is 0 Å². The Bertz CT molecular complexity index is 669. The second-order valence-corrected chi connectivity index (χ2v) is 4.40. The first-order valence-corrected chi connectivity index (χ1v) is 5.67. The molecule has 0 aliphatic carbocycles. The van der Waals surface area contributed by atoms with Crippen LogP contribution in [0.3, 0.4) is 0 Å². The van der Waals surface area contributed by atoms with Crippen molar-refractivity contribution in [3.63, 3.8) is 0 Å². The minimum atomic E-state index is -0.621. The molecule has 1 aromatic carbocycles. The highest BCUT2D eigenvalue weighted by molar-refractivity contribution is 9.10. The summed E-state index contributed by atoms with van der Waals surface area (Å²) in [5, 5.41) is 0.424. The zero-order valence-corrected chi connectivity index (χ0v) is 10.5. The van der Waals surface area contributed by atoms with Gasteiger partial charge >= 0.3 is 11.4 Å². The molecule has 0 atom stereocenters. The number of hydrogen-bond donors (Lipinski definition) is 0. The molecule has 0 amide bonds. The first kappa shape index (κ1) is 11.1. The van der Waals surface area contributed by atoms with Gasteiger partial charge in [-0.1, -0.05) is 0 Å². The van der Waals surface area contributed by atoms with Crippen LogP contribution < -0.4 is 11.4 Å². The topological polar surface area (TPSA) is 52.2 Å². The SMILES string of the molecule is CCn1c(=O)oc(=O)c2cc(C)cc(Br)c21. The number of rotatable bonds is 1. The molecule has 1 aromatic heterocycles. The second-order valence-electron chi connectivity index (χ2n) is 3.54. The maximum atomic E-state index is 11.6. The molecule has 0 bridgehead atoms. The Labute approximate surface area is 99.6 Å². The van der Waals surface area contributed by atoms with E-state index in [-0.39, 0.29) is 0 Å². The zero-order chi connectivity index (χ0) is 11.9. The van der Waals surface area contributed by atoms with Crippen molar-refractivity contribution < 1.29 is 4.42 Å². The zero-order valence-electron chi connectivity index (χ0n) is 8.91. The van der Waals surface area contributed by atoms with Gasteiger partial charge in [-0.15, -0.1) is 0 Å². The molecule has 0 aliphatic rings. The maximum absolute atomic E-state index is 11.6. The molecule has 1 heterocycles. The fraction of sp³-hybridized carbons (Fsp3) is 0.273. The van der Waals surface area contributed by atoms with Crippen molar-refractivity contribution in [1.82, 2.24) is 4.57 Å². The molecule has 0 radical (unpaired) electrons. The molecule has 0 spiro atoms. The van der Waals surface area contributed by atoms with E-state index < -0.39 is 11.4 Å². The van der Waals surface area contributed by atoms with Crippen LogP contribution in [0.25, 0.3) is 10.9 Å². The molecule has 4 nitrogen and oxygen atoms in total. The quantitative estimate of drug-likeness (QED) is 0.805. The maximum Gasteiger partial charge on any atom is 0.422 e. The molecule has 0 saturated carbocycles. The van der Waals surface area contributed by atoms with Crippen LogP contribution in [0.15, 0.2) is 30.6 Å². The highest BCUT2D eigenvalue weighted by Gasteiger charge is 2.11. The lowest BCUT2D eigenvalue weighted by Crippen LogP contribution is -2.24. The van der Waals surface area contributed by atoms with E-state index in [1.807, 2.05) is 19.9 Å². The summed E-state index contributed by atoms with van der Waals surface area (Å²) in [5.41, 5.74) is 0.941. The van der Waals surface area contributed by atoms with E-state index in [0.29, 0.717) is 17.4 Å². The third kappa shape index (κ3) is 1.61. The van der Waals surface area contributed by atoms with Gasteiger partial charge in [0, 0.05) is 11.0 Å². The number of fused-ring (bicyclic) bond motifs is 1. The largest absolute Gasteiger partial charge is 0.422 e. The molecular formula is C11H10BrNO3. The molecular weight excluding hydrogens is 274 g/mol. The number of aryl methyl sites for hydroxylation is 2. The number of benzene rings is 1. The molecule has 16 heavy (non-hydrogen) atoms. The lowest BCUT2D eigenvalue weighted by atomic mass is 10.2. The van der Waals surface area contributed by atoms with Crippen LogP contribution in [0.5, 0.6) is 0 Å². The number of hydrogen-bond acceptors (Lipinski definition) is 3. The Morgan fingerprint density at radius 2 is 2.06 bits per heavy atom. The highest BCUT2D eigenvalue weighted by Crippen LogP contribution is 2.22. The smallest absolute Gasteiger partial charge is 0.372 e. The normalized spacial score (nSPS) is 10.9. The van der Waals surface area contributed by atoms with Gasteiger partial charge < -0.3 is 4.42 Å². The molecule has 0 unspecified atom stereocenters. The number of halogens is 1. The van der Waals surface area contributed by atoms with Crippen molar-refractivity contribution in [2.75, 3.05) is 0 Å². The molecule has 0 fully saturated rings. The van der Waals surface area contributed by atoms with E-state index in [4.69, 9.17) is 0 Å². The van der Waals surface area contributed by atoms with E-state index in [2.05, 4.69) is 20.3 Å². The van der Waals surface area contributed by atoms with Gasteiger partial charge in [0.25, 0.3) is 0 Å². The third-order valence-corrected chi connectivity index (χ3v) is 3.02. The van der Waals surface area contributed by atoms with Crippen molar-refractivity contribution in [2.45, 2.75) is 20.4 Å². The second kappa shape index (κ2) is 3.90. The average Bonchev–Trinajstić information content (AvgIpc) is 2.20. The average molecular weight is 284 g/mol. The highest BCUT2D eigenvalue weighted by atomic mass is 79.9. The molecule has 2 rings (SSSR count). The predicted molar refractivity (Wildman–Crippen MR) is 64.9 cm³/mol. The van der Waals surface area contributed by atoms with Gasteiger partial charge in [-0.3, -0.25) is 4.57 Å². The number of aromatic nitrogens is 1. The molecule has 0 N–H and O–H groups in total. The van der Waals surface area contributed by atoms with Crippen molar-refractivity contribution in [3.05, 3.63) is 43.1 Å². The first-order chi connectivity index (χ1) is 7.54. The monoisotopic (exact) mass is 283 g/mol. The summed E-state index contributed by atoms with van der Waals surface area (Å²) in [4.78, 5) is 23.1. The minimum Gasteiger partial charge on any atom is -0.372 e. The van der Waals surface area contributed by atoms with Crippen LogP contribution in [-0.4, -0.2) is 4.57 Å². The van der Waals surface area contributed by atoms with Crippen molar-refractivity contribution in [1.29, 1.82) is 0 Å². The molecule has 84 valence electrons. The van der Waals surface area contributed by atoms with Gasteiger partial charge in [0.2, 0.25) is 0 Å². The Kier molecular flexibility index (Phi) is 2.71. The van der Waals surface area contributed by atoms with Crippen molar-refractivity contribution >= 4 is 26.8 Å².